The van der Waals surface area contributed by atoms with Crippen LogP contribution in [-0.2, 0) is 9.57 Å². The molecule has 7 nitrogen and oxygen atoms in total. The molecule has 0 aromatic heterocycles. The van der Waals surface area contributed by atoms with E-state index in [2.05, 4.69) is 5.48 Å². The zero-order valence-corrected chi connectivity index (χ0v) is 13.0. The van der Waals surface area contributed by atoms with Crippen LogP contribution >= 0.6 is 0 Å². The van der Waals surface area contributed by atoms with Crippen LogP contribution in [0.3, 0.4) is 0 Å². The Labute approximate surface area is 129 Å². The van der Waals surface area contributed by atoms with Crippen LogP contribution in [0.15, 0.2) is 12.1 Å². The third kappa shape index (κ3) is 3.61. The SMILES string of the molecule is COc1ccc(C(=O)NO[C@H]2CCCCO2)c(OC)c1OC. The lowest BCUT2D eigenvalue weighted by Gasteiger charge is -2.22. The molecule has 1 N–H and O–H groups in total. The Morgan fingerprint density at radius 3 is 2.50 bits per heavy atom. The van der Waals surface area contributed by atoms with Gasteiger partial charge in [-0.05, 0) is 25.0 Å². The van der Waals surface area contributed by atoms with Gasteiger partial charge in [0, 0.05) is 13.0 Å². The first-order valence-corrected chi connectivity index (χ1v) is 7.07. The Bertz CT molecular complexity index is 513. The molecule has 1 aromatic carbocycles. The minimum atomic E-state index is -0.438. The fourth-order valence-electron chi connectivity index (χ4n) is 2.26. The van der Waals surface area contributed by atoms with Crippen LogP contribution in [0.5, 0.6) is 17.2 Å². The van der Waals surface area contributed by atoms with Crippen molar-refractivity contribution >= 4 is 5.91 Å². The maximum atomic E-state index is 12.3. The molecule has 0 radical (unpaired) electrons. The standard InChI is InChI=1S/C15H21NO6/c1-18-11-8-7-10(13(19-2)14(11)20-3)15(17)16-22-12-6-4-5-9-21-12/h7-8,12H,4-6,9H2,1-3H3,(H,16,17)/t12-/m0/s1. The Balaban J connectivity index is 2.11. The van der Waals surface area contributed by atoms with E-state index in [9.17, 15) is 4.79 Å². The first-order valence-electron chi connectivity index (χ1n) is 7.07. The molecule has 0 unspecified atom stereocenters. The van der Waals surface area contributed by atoms with Gasteiger partial charge in [-0.1, -0.05) is 0 Å². The Kier molecular flexibility index (Phi) is 5.85. The van der Waals surface area contributed by atoms with Gasteiger partial charge in [-0.3, -0.25) is 4.79 Å². The summed E-state index contributed by atoms with van der Waals surface area (Å²) in [5.74, 6) is 0.679. The average molecular weight is 311 g/mol. The van der Waals surface area contributed by atoms with Gasteiger partial charge in [0.05, 0.1) is 26.9 Å². The van der Waals surface area contributed by atoms with Crippen molar-refractivity contribution in [3.05, 3.63) is 17.7 Å². The molecule has 1 saturated heterocycles. The number of ether oxygens (including phenoxy) is 4. The van der Waals surface area contributed by atoms with Crippen LogP contribution in [0.25, 0.3) is 0 Å². The van der Waals surface area contributed by atoms with Crippen molar-refractivity contribution in [2.24, 2.45) is 0 Å². The lowest BCUT2D eigenvalue weighted by atomic mass is 10.1. The maximum Gasteiger partial charge on any atom is 0.278 e. The summed E-state index contributed by atoms with van der Waals surface area (Å²) in [7, 11) is 4.45. The van der Waals surface area contributed by atoms with Gasteiger partial charge in [-0.2, -0.15) is 0 Å². The Hall–Kier alpha value is -1.99. The number of amides is 1. The van der Waals surface area contributed by atoms with Crippen LogP contribution < -0.4 is 19.7 Å². The highest BCUT2D eigenvalue weighted by Gasteiger charge is 2.22. The second kappa shape index (κ2) is 7.86. The van der Waals surface area contributed by atoms with Gasteiger partial charge < -0.3 is 18.9 Å². The van der Waals surface area contributed by atoms with E-state index in [1.807, 2.05) is 0 Å². The van der Waals surface area contributed by atoms with Gasteiger partial charge in [-0.15, -0.1) is 0 Å². The van der Waals surface area contributed by atoms with Crippen molar-refractivity contribution in [3.63, 3.8) is 0 Å². The highest BCUT2D eigenvalue weighted by Crippen LogP contribution is 2.39. The molecule has 1 amide bonds. The van der Waals surface area contributed by atoms with E-state index in [1.165, 1.54) is 21.3 Å². The first-order chi connectivity index (χ1) is 10.7. The summed E-state index contributed by atoms with van der Waals surface area (Å²) in [5.41, 5.74) is 2.68. The lowest BCUT2D eigenvalue weighted by molar-refractivity contribution is -0.186. The van der Waals surface area contributed by atoms with Crippen LogP contribution in [0.2, 0.25) is 0 Å². The summed E-state index contributed by atoms with van der Waals surface area (Å²) in [6.07, 6.45) is 2.37. The van der Waals surface area contributed by atoms with Crippen molar-refractivity contribution in [2.45, 2.75) is 25.6 Å². The van der Waals surface area contributed by atoms with Crippen molar-refractivity contribution < 1.29 is 28.6 Å². The number of nitrogens with one attached hydrogen (secondary N) is 1. The number of benzene rings is 1. The van der Waals surface area contributed by atoms with Gasteiger partial charge in [-0.25, -0.2) is 10.3 Å². The van der Waals surface area contributed by atoms with Gasteiger partial charge in [0.2, 0.25) is 5.75 Å². The van der Waals surface area contributed by atoms with Crippen molar-refractivity contribution in [1.82, 2.24) is 5.48 Å². The summed E-state index contributed by atoms with van der Waals surface area (Å²) in [6.45, 7) is 0.639. The number of hydrogen-bond donors (Lipinski definition) is 1. The molecule has 0 bridgehead atoms. The zero-order chi connectivity index (χ0) is 15.9. The topological polar surface area (TPSA) is 75.3 Å². The number of methoxy groups -OCH3 is 3. The predicted molar refractivity (Wildman–Crippen MR) is 78.2 cm³/mol. The van der Waals surface area contributed by atoms with Crippen molar-refractivity contribution in [2.75, 3.05) is 27.9 Å². The molecule has 1 heterocycles. The minimum absolute atomic E-state index is 0.285. The summed E-state index contributed by atoms with van der Waals surface area (Å²) in [6, 6.07) is 3.22. The second-order valence-corrected chi connectivity index (χ2v) is 4.73. The fourth-order valence-corrected chi connectivity index (χ4v) is 2.26. The van der Waals surface area contributed by atoms with Crippen LogP contribution in [-0.4, -0.2) is 40.1 Å². The maximum absolute atomic E-state index is 12.3. The molecular weight excluding hydrogens is 290 g/mol. The number of hydroxylamine groups is 1. The summed E-state index contributed by atoms with van der Waals surface area (Å²) in [4.78, 5) is 17.5. The smallest absolute Gasteiger partial charge is 0.278 e. The Morgan fingerprint density at radius 2 is 1.91 bits per heavy atom. The van der Waals surface area contributed by atoms with Crippen LogP contribution in [0.4, 0.5) is 0 Å². The van der Waals surface area contributed by atoms with Crippen molar-refractivity contribution in [1.29, 1.82) is 0 Å². The molecule has 1 atom stereocenters. The Morgan fingerprint density at radius 1 is 1.14 bits per heavy atom. The van der Waals surface area contributed by atoms with E-state index >= 15 is 0 Å². The molecule has 0 aliphatic carbocycles. The van der Waals surface area contributed by atoms with E-state index in [0.29, 0.717) is 18.1 Å². The minimum Gasteiger partial charge on any atom is -0.493 e. The molecule has 1 fully saturated rings. The van der Waals surface area contributed by atoms with Gasteiger partial charge in [0.15, 0.2) is 17.8 Å². The van der Waals surface area contributed by atoms with E-state index in [-0.39, 0.29) is 11.3 Å². The fraction of sp³-hybridized carbons (Fsp3) is 0.533. The van der Waals surface area contributed by atoms with Crippen LogP contribution in [0.1, 0.15) is 29.6 Å². The highest BCUT2D eigenvalue weighted by atomic mass is 16.8. The number of carbonyl (C=O) groups is 1. The third-order valence-corrected chi connectivity index (χ3v) is 3.37. The number of hydrogen-bond acceptors (Lipinski definition) is 6. The summed E-state index contributed by atoms with van der Waals surface area (Å²) >= 11 is 0. The van der Waals surface area contributed by atoms with E-state index in [0.717, 1.165) is 19.3 Å². The zero-order valence-electron chi connectivity index (χ0n) is 13.0. The lowest BCUT2D eigenvalue weighted by Crippen LogP contribution is -2.33. The van der Waals surface area contributed by atoms with Gasteiger partial charge in [0.25, 0.3) is 5.91 Å². The largest absolute Gasteiger partial charge is 0.493 e. The molecule has 1 aromatic rings. The van der Waals surface area contributed by atoms with E-state index in [4.69, 9.17) is 23.8 Å². The molecule has 0 spiro atoms. The average Bonchev–Trinajstić information content (AvgIpc) is 2.58. The molecular formula is C15H21NO6. The summed E-state index contributed by atoms with van der Waals surface area (Å²) < 4.78 is 21.1. The van der Waals surface area contributed by atoms with Gasteiger partial charge in [0.1, 0.15) is 0 Å². The van der Waals surface area contributed by atoms with E-state index in [1.54, 1.807) is 12.1 Å². The highest BCUT2D eigenvalue weighted by molar-refractivity contribution is 5.97. The normalized spacial score (nSPS) is 17.7. The predicted octanol–water partition coefficient (Wildman–Crippen LogP) is 1.90. The van der Waals surface area contributed by atoms with Gasteiger partial charge >= 0.3 is 0 Å². The molecule has 7 heteroatoms. The molecule has 1 aliphatic rings. The molecule has 1 aliphatic heterocycles. The summed E-state index contributed by atoms with van der Waals surface area (Å²) in [5, 5.41) is 0. The molecule has 22 heavy (non-hydrogen) atoms. The second-order valence-electron chi connectivity index (χ2n) is 4.73. The number of rotatable bonds is 6. The van der Waals surface area contributed by atoms with E-state index < -0.39 is 12.2 Å². The van der Waals surface area contributed by atoms with Crippen LogP contribution in [0, 0.1) is 0 Å². The van der Waals surface area contributed by atoms with Crippen molar-refractivity contribution in [3.8, 4) is 17.2 Å². The first kappa shape index (κ1) is 16.4. The third-order valence-electron chi connectivity index (χ3n) is 3.37. The molecule has 0 saturated carbocycles. The number of carbonyl (C=O) groups excluding carboxylic acids is 1. The monoisotopic (exact) mass is 311 g/mol. The molecule has 2 rings (SSSR count). The quantitative estimate of drug-likeness (QED) is 0.809. The molecule has 122 valence electrons.